The largest absolute Gasteiger partial charge is 0.395 e. The Hall–Kier alpha value is -1.19. The molecule has 3 heteroatoms. The van der Waals surface area contributed by atoms with E-state index in [-0.39, 0.29) is 6.61 Å². The van der Waals surface area contributed by atoms with Gasteiger partial charge in [0.05, 0.1) is 13.2 Å². The summed E-state index contributed by atoms with van der Waals surface area (Å²) < 4.78 is 0. The molecule has 0 heterocycles. The highest BCUT2D eigenvalue weighted by Crippen LogP contribution is 2.02. The SMILES string of the molecule is O=CCN(CCO)Cc1ccccc1. The third kappa shape index (κ3) is 3.68. The lowest BCUT2D eigenvalue weighted by molar-refractivity contribution is -0.109. The summed E-state index contributed by atoms with van der Waals surface area (Å²) in [6.45, 7) is 1.70. The van der Waals surface area contributed by atoms with Crippen molar-refractivity contribution in [1.82, 2.24) is 4.90 Å². The lowest BCUT2D eigenvalue weighted by Crippen LogP contribution is -2.28. The maximum absolute atomic E-state index is 10.4. The predicted molar refractivity (Wildman–Crippen MR) is 54.9 cm³/mol. The van der Waals surface area contributed by atoms with Crippen LogP contribution >= 0.6 is 0 Å². The fourth-order valence-corrected chi connectivity index (χ4v) is 1.32. The second-order valence-corrected chi connectivity index (χ2v) is 3.11. The quantitative estimate of drug-likeness (QED) is 0.675. The summed E-state index contributed by atoms with van der Waals surface area (Å²) in [4.78, 5) is 12.3. The molecule has 0 aromatic heterocycles. The van der Waals surface area contributed by atoms with Crippen molar-refractivity contribution in [3.8, 4) is 0 Å². The zero-order valence-corrected chi connectivity index (χ0v) is 8.10. The number of hydrogen-bond donors (Lipinski definition) is 1. The van der Waals surface area contributed by atoms with E-state index in [4.69, 9.17) is 5.11 Å². The molecule has 1 aromatic carbocycles. The smallest absolute Gasteiger partial charge is 0.133 e. The molecule has 0 radical (unpaired) electrons. The number of nitrogens with zero attached hydrogens (tertiary/aromatic N) is 1. The Bertz CT molecular complexity index is 261. The normalized spacial score (nSPS) is 10.4. The van der Waals surface area contributed by atoms with Crippen LogP contribution in [0.1, 0.15) is 5.56 Å². The molecule has 76 valence electrons. The summed E-state index contributed by atoms with van der Waals surface area (Å²) in [5, 5.41) is 8.78. The first-order valence-electron chi connectivity index (χ1n) is 4.67. The zero-order valence-electron chi connectivity index (χ0n) is 8.10. The van der Waals surface area contributed by atoms with Crippen LogP contribution in [-0.2, 0) is 11.3 Å². The Morgan fingerprint density at radius 2 is 2.00 bits per heavy atom. The van der Waals surface area contributed by atoms with Gasteiger partial charge in [-0.15, -0.1) is 0 Å². The molecule has 0 unspecified atom stereocenters. The van der Waals surface area contributed by atoms with Gasteiger partial charge in [0.25, 0.3) is 0 Å². The highest BCUT2D eigenvalue weighted by atomic mass is 16.3. The first-order valence-corrected chi connectivity index (χ1v) is 4.67. The number of benzene rings is 1. The summed E-state index contributed by atoms with van der Waals surface area (Å²) in [5.41, 5.74) is 1.16. The number of aliphatic hydroxyl groups excluding tert-OH is 1. The summed E-state index contributed by atoms with van der Waals surface area (Å²) in [6, 6.07) is 9.91. The van der Waals surface area contributed by atoms with E-state index in [0.717, 1.165) is 11.8 Å². The Morgan fingerprint density at radius 3 is 2.57 bits per heavy atom. The highest BCUT2D eigenvalue weighted by Gasteiger charge is 2.03. The molecule has 0 atom stereocenters. The number of rotatable bonds is 6. The van der Waals surface area contributed by atoms with E-state index in [1.165, 1.54) is 0 Å². The number of aliphatic hydroxyl groups is 1. The van der Waals surface area contributed by atoms with Crippen LogP contribution in [-0.4, -0.2) is 36.0 Å². The molecule has 1 aromatic rings. The van der Waals surface area contributed by atoms with Gasteiger partial charge in [-0.1, -0.05) is 30.3 Å². The van der Waals surface area contributed by atoms with E-state index in [1.807, 2.05) is 35.2 Å². The van der Waals surface area contributed by atoms with E-state index in [9.17, 15) is 4.79 Å². The molecule has 0 aliphatic rings. The van der Waals surface area contributed by atoms with Crippen LogP contribution < -0.4 is 0 Å². The Kier molecular flexibility index (Phi) is 4.89. The summed E-state index contributed by atoms with van der Waals surface area (Å²) in [7, 11) is 0. The Morgan fingerprint density at radius 1 is 1.29 bits per heavy atom. The van der Waals surface area contributed by atoms with Crippen molar-refractivity contribution in [3.63, 3.8) is 0 Å². The average Bonchev–Trinajstić information content (AvgIpc) is 2.20. The zero-order chi connectivity index (χ0) is 10.2. The molecule has 0 bridgehead atoms. The number of hydrogen-bond acceptors (Lipinski definition) is 3. The van der Waals surface area contributed by atoms with Crippen molar-refractivity contribution in [2.45, 2.75) is 6.54 Å². The van der Waals surface area contributed by atoms with Crippen molar-refractivity contribution in [2.75, 3.05) is 19.7 Å². The molecule has 0 saturated heterocycles. The van der Waals surface area contributed by atoms with Crippen LogP contribution in [0, 0.1) is 0 Å². The number of carbonyl (C=O) groups is 1. The molecule has 3 nitrogen and oxygen atoms in total. The monoisotopic (exact) mass is 193 g/mol. The van der Waals surface area contributed by atoms with E-state index >= 15 is 0 Å². The van der Waals surface area contributed by atoms with Crippen molar-refractivity contribution >= 4 is 6.29 Å². The number of carbonyl (C=O) groups excluding carboxylic acids is 1. The topological polar surface area (TPSA) is 40.5 Å². The molecule has 0 saturated carbocycles. The standard InChI is InChI=1S/C11H15NO2/c13-8-6-12(7-9-14)10-11-4-2-1-3-5-11/h1-5,8,14H,6-7,9-10H2. The fourth-order valence-electron chi connectivity index (χ4n) is 1.32. The molecular weight excluding hydrogens is 178 g/mol. The van der Waals surface area contributed by atoms with E-state index in [1.54, 1.807) is 0 Å². The molecule has 0 aliphatic carbocycles. The van der Waals surface area contributed by atoms with Gasteiger partial charge in [0, 0.05) is 13.1 Å². The highest BCUT2D eigenvalue weighted by molar-refractivity contribution is 5.51. The van der Waals surface area contributed by atoms with Crippen LogP contribution in [0.5, 0.6) is 0 Å². The second-order valence-electron chi connectivity index (χ2n) is 3.11. The minimum Gasteiger partial charge on any atom is -0.395 e. The molecule has 0 amide bonds. The molecule has 0 fully saturated rings. The lowest BCUT2D eigenvalue weighted by Gasteiger charge is -2.18. The van der Waals surface area contributed by atoms with E-state index < -0.39 is 0 Å². The van der Waals surface area contributed by atoms with Gasteiger partial charge in [-0.25, -0.2) is 0 Å². The maximum Gasteiger partial charge on any atom is 0.133 e. The van der Waals surface area contributed by atoms with Crippen molar-refractivity contribution < 1.29 is 9.90 Å². The van der Waals surface area contributed by atoms with Gasteiger partial charge in [0.1, 0.15) is 6.29 Å². The van der Waals surface area contributed by atoms with Gasteiger partial charge < -0.3 is 9.90 Å². The second kappa shape index (κ2) is 6.29. The van der Waals surface area contributed by atoms with Crippen LogP contribution in [0.25, 0.3) is 0 Å². The molecule has 0 aliphatic heterocycles. The summed E-state index contributed by atoms with van der Waals surface area (Å²) in [6.07, 6.45) is 0.860. The molecule has 14 heavy (non-hydrogen) atoms. The van der Waals surface area contributed by atoms with Gasteiger partial charge in [-0.05, 0) is 5.56 Å². The van der Waals surface area contributed by atoms with Crippen LogP contribution in [0.2, 0.25) is 0 Å². The van der Waals surface area contributed by atoms with Gasteiger partial charge in [-0.2, -0.15) is 0 Å². The third-order valence-corrected chi connectivity index (χ3v) is 2.00. The maximum atomic E-state index is 10.4. The number of aldehydes is 1. The van der Waals surface area contributed by atoms with Crippen LogP contribution in [0.3, 0.4) is 0 Å². The Labute approximate surface area is 84.0 Å². The summed E-state index contributed by atoms with van der Waals surface area (Å²) >= 11 is 0. The van der Waals surface area contributed by atoms with Gasteiger partial charge >= 0.3 is 0 Å². The molecule has 1 rings (SSSR count). The first kappa shape index (κ1) is 10.9. The van der Waals surface area contributed by atoms with Crippen molar-refractivity contribution in [3.05, 3.63) is 35.9 Å². The average molecular weight is 193 g/mol. The van der Waals surface area contributed by atoms with Crippen LogP contribution in [0.15, 0.2) is 30.3 Å². The van der Waals surface area contributed by atoms with Crippen LogP contribution in [0.4, 0.5) is 0 Å². The fraction of sp³-hybridized carbons (Fsp3) is 0.364. The Balaban J connectivity index is 2.50. The lowest BCUT2D eigenvalue weighted by atomic mass is 10.2. The van der Waals surface area contributed by atoms with E-state index in [2.05, 4.69) is 0 Å². The third-order valence-electron chi connectivity index (χ3n) is 2.00. The predicted octanol–water partition coefficient (Wildman–Crippen LogP) is 0.680. The first-order chi connectivity index (χ1) is 6.86. The van der Waals surface area contributed by atoms with Gasteiger partial charge in [0.2, 0.25) is 0 Å². The van der Waals surface area contributed by atoms with Crippen molar-refractivity contribution in [1.29, 1.82) is 0 Å². The summed E-state index contributed by atoms with van der Waals surface area (Å²) in [5.74, 6) is 0. The van der Waals surface area contributed by atoms with Crippen molar-refractivity contribution in [2.24, 2.45) is 0 Å². The molecule has 0 spiro atoms. The van der Waals surface area contributed by atoms with Gasteiger partial charge in [-0.3, -0.25) is 4.90 Å². The molecule has 1 N–H and O–H groups in total. The van der Waals surface area contributed by atoms with E-state index in [0.29, 0.717) is 19.6 Å². The minimum atomic E-state index is 0.0840. The minimum absolute atomic E-state index is 0.0840. The molecular formula is C11H15NO2. The van der Waals surface area contributed by atoms with Gasteiger partial charge in [0.15, 0.2) is 0 Å².